The van der Waals surface area contributed by atoms with Crippen LogP contribution in [0.4, 0.5) is 5.69 Å². The highest BCUT2D eigenvalue weighted by molar-refractivity contribution is 8.00. The van der Waals surface area contributed by atoms with Crippen molar-refractivity contribution >= 4 is 35.0 Å². The van der Waals surface area contributed by atoms with Gasteiger partial charge in [-0.25, -0.2) is 0 Å². The van der Waals surface area contributed by atoms with E-state index in [2.05, 4.69) is 24.4 Å². The molecule has 102 valence electrons. The number of fused-ring (bicyclic) bond motifs is 1. The molecular formula is C16H14ClNOS. The number of hydrogen-bond donors (Lipinski definition) is 1. The molecule has 0 spiro atoms. The molecule has 1 aliphatic rings. The SMILES string of the molecule is Cc1ccccc1[C@@H]1SCC(=O)Nc2ccc(Cl)cc21. The number of hydrogen-bond acceptors (Lipinski definition) is 2. The molecule has 1 atom stereocenters. The second kappa shape index (κ2) is 5.51. The van der Waals surface area contributed by atoms with Crippen molar-refractivity contribution in [1.82, 2.24) is 0 Å². The summed E-state index contributed by atoms with van der Waals surface area (Å²) in [6.45, 7) is 2.10. The smallest absolute Gasteiger partial charge is 0.234 e. The molecule has 20 heavy (non-hydrogen) atoms. The Kier molecular flexibility index (Phi) is 3.72. The highest BCUT2D eigenvalue weighted by Crippen LogP contribution is 2.43. The van der Waals surface area contributed by atoms with E-state index in [-0.39, 0.29) is 11.2 Å². The van der Waals surface area contributed by atoms with Crippen molar-refractivity contribution in [2.45, 2.75) is 12.2 Å². The van der Waals surface area contributed by atoms with Crippen molar-refractivity contribution in [2.75, 3.05) is 11.1 Å². The van der Waals surface area contributed by atoms with Crippen molar-refractivity contribution in [1.29, 1.82) is 0 Å². The number of aryl methyl sites for hydroxylation is 1. The third-order valence-corrected chi connectivity index (χ3v) is 4.93. The third-order valence-electron chi connectivity index (χ3n) is 3.42. The first-order chi connectivity index (χ1) is 9.65. The van der Waals surface area contributed by atoms with Gasteiger partial charge >= 0.3 is 0 Å². The fraction of sp³-hybridized carbons (Fsp3) is 0.188. The van der Waals surface area contributed by atoms with Gasteiger partial charge < -0.3 is 5.32 Å². The summed E-state index contributed by atoms with van der Waals surface area (Å²) < 4.78 is 0. The Morgan fingerprint density at radius 2 is 2.00 bits per heavy atom. The molecule has 0 bridgehead atoms. The van der Waals surface area contributed by atoms with E-state index in [1.807, 2.05) is 30.3 Å². The predicted octanol–water partition coefficient (Wildman–Crippen LogP) is 4.42. The number of amides is 1. The Bertz CT molecular complexity index is 671. The van der Waals surface area contributed by atoms with Gasteiger partial charge in [0.15, 0.2) is 0 Å². The zero-order chi connectivity index (χ0) is 14.1. The summed E-state index contributed by atoms with van der Waals surface area (Å²) in [6, 6.07) is 13.9. The van der Waals surface area contributed by atoms with Crippen molar-refractivity contribution < 1.29 is 4.79 Å². The van der Waals surface area contributed by atoms with Crippen LogP contribution in [0.25, 0.3) is 0 Å². The Labute approximate surface area is 127 Å². The first-order valence-corrected chi connectivity index (χ1v) is 7.84. The van der Waals surface area contributed by atoms with E-state index in [1.54, 1.807) is 11.8 Å². The predicted molar refractivity (Wildman–Crippen MR) is 85.6 cm³/mol. The average molecular weight is 304 g/mol. The Balaban J connectivity index is 2.15. The lowest BCUT2D eigenvalue weighted by molar-refractivity contribution is -0.113. The zero-order valence-corrected chi connectivity index (χ0v) is 12.6. The molecule has 0 unspecified atom stereocenters. The molecule has 1 N–H and O–H groups in total. The summed E-state index contributed by atoms with van der Waals surface area (Å²) in [7, 11) is 0. The highest BCUT2D eigenvalue weighted by Gasteiger charge is 2.25. The normalized spacial score (nSPS) is 18.1. The van der Waals surface area contributed by atoms with Crippen LogP contribution in [0, 0.1) is 6.92 Å². The molecule has 2 nitrogen and oxygen atoms in total. The Morgan fingerprint density at radius 1 is 1.20 bits per heavy atom. The second-order valence-electron chi connectivity index (χ2n) is 4.83. The van der Waals surface area contributed by atoms with E-state index in [0.29, 0.717) is 10.8 Å². The molecule has 1 aliphatic heterocycles. The summed E-state index contributed by atoms with van der Waals surface area (Å²) in [5, 5.41) is 3.77. The second-order valence-corrected chi connectivity index (χ2v) is 6.36. The topological polar surface area (TPSA) is 29.1 Å². The fourth-order valence-electron chi connectivity index (χ4n) is 2.44. The number of anilines is 1. The number of benzene rings is 2. The van der Waals surface area contributed by atoms with Crippen molar-refractivity contribution in [2.24, 2.45) is 0 Å². The molecule has 3 rings (SSSR count). The molecule has 0 radical (unpaired) electrons. The van der Waals surface area contributed by atoms with E-state index < -0.39 is 0 Å². The Hall–Kier alpha value is -1.45. The third kappa shape index (κ3) is 2.56. The summed E-state index contributed by atoms with van der Waals surface area (Å²) >= 11 is 7.78. The van der Waals surface area contributed by atoms with Gasteiger partial charge in [-0.1, -0.05) is 35.9 Å². The minimum Gasteiger partial charge on any atom is -0.325 e. The van der Waals surface area contributed by atoms with E-state index in [9.17, 15) is 4.79 Å². The quantitative estimate of drug-likeness (QED) is 0.845. The van der Waals surface area contributed by atoms with Crippen LogP contribution < -0.4 is 5.32 Å². The van der Waals surface area contributed by atoms with Crippen LogP contribution >= 0.6 is 23.4 Å². The summed E-state index contributed by atoms with van der Waals surface area (Å²) in [5.74, 6) is 0.486. The number of carbonyl (C=O) groups excluding carboxylic acids is 1. The monoisotopic (exact) mass is 303 g/mol. The maximum absolute atomic E-state index is 11.8. The van der Waals surface area contributed by atoms with Gasteiger partial charge in [0.1, 0.15) is 0 Å². The number of rotatable bonds is 1. The van der Waals surface area contributed by atoms with Gasteiger partial charge in [0.2, 0.25) is 5.91 Å². The zero-order valence-electron chi connectivity index (χ0n) is 11.0. The molecule has 2 aromatic carbocycles. The molecule has 0 fully saturated rings. The standard InChI is InChI=1S/C16H14ClNOS/c1-10-4-2-3-5-12(10)16-13-8-11(17)6-7-14(13)18-15(19)9-20-16/h2-8,16H,9H2,1H3,(H,18,19)/t16-/m0/s1. The molecule has 4 heteroatoms. The highest BCUT2D eigenvalue weighted by atomic mass is 35.5. The molecular weight excluding hydrogens is 290 g/mol. The van der Waals surface area contributed by atoms with Crippen LogP contribution in [0.2, 0.25) is 5.02 Å². The van der Waals surface area contributed by atoms with E-state index >= 15 is 0 Å². The lowest BCUT2D eigenvalue weighted by atomic mass is 9.98. The largest absolute Gasteiger partial charge is 0.325 e. The van der Waals surface area contributed by atoms with Gasteiger partial charge in [-0.3, -0.25) is 4.79 Å². The van der Waals surface area contributed by atoms with Gasteiger partial charge in [0.05, 0.1) is 11.0 Å². The van der Waals surface area contributed by atoms with E-state index in [4.69, 9.17) is 11.6 Å². The van der Waals surface area contributed by atoms with E-state index in [0.717, 1.165) is 11.3 Å². The Morgan fingerprint density at radius 3 is 2.80 bits per heavy atom. The van der Waals surface area contributed by atoms with Gasteiger partial charge in [0, 0.05) is 10.7 Å². The lowest BCUT2D eigenvalue weighted by Crippen LogP contribution is -2.12. The average Bonchev–Trinajstić information content (AvgIpc) is 2.58. The molecule has 2 aromatic rings. The molecule has 1 heterocycles. The summed E-state index contributed by atoms with van der Waals surface area (Å²) in [4.78, 5) is 11.8. The van der Waals surface area contributed by atoms with Gasteiger partial charge in [-0.05, 0) is 41.8 Å². The van der Waals surface area contributed by atoms with Crippen LogP contribution in [0.15, 0.2) is 42.5 Å². The number of carbonyl (C=O) groups is 1. The molecule has 0 saturated carbocycles. The van der Waals surface area contributed by atoms with Crippen LogP contribution in [0.3, 0.4) is 0 Å². The maximum Gasteiger partial charge on any atom is 0.234 e. The maximum atomic E-state index is 11.8. The summed E-state index contributed by atoms with van der Waals surface area (Å²) in [6.07, 6.45) is 0. The van der Waals surface area contributed by atoms with Crippen LogP contribution in [0.1, 0.15) is 21.9 Å². The van der Waals surface area contributed by atoms with Gasteiger partial charge in [-0.15, -0.1) is 11.8 Å². The van der Waals surface area contributed by atoms with Gasteiger partial charge in [0.25, 0.3) is 0 Å². The lowest BCUT2D eigenvalue weighted by Gasteiger charge is -2.19. The van der Waals surface area contributed by atoms with Crippen LogP contribution in [-0.4, -0.2) is 11.7 Å². The van der Waals surface area contributed by atoms with Crippen molar-refractivity contribution in [3.63, 3.8) is 0 Å². The molecule has 0 aliphatic carbocycles. The molecule has 1 amide bonds. The van der Waals surface area contributed by atoms with Crippen molar-refractivity contribution in [3.8, 4) is 0 Å². The number of thioether (sulfide) groups is 1. The number of halogens is 1. The first-order valence-electron chi connectivity index (χ1n) is 6.41. The molecule has 0 aromatic heterocycles. The molecule has 0 saturated heterocycles. The minimum atomic E-state index is 0.0367. The summed E-state index contributed by atoms with van der Waals surface area (Å²) in [5.41, 5.74) is 4.39. The minimum absolute atomic E-state index is 0.0367. The van der Waals surface area contributed by atoms with Crippen LogP contribution in [0.5, 0.6) is 0 Å². The fourth-order valence-corrected chi connectivity index (χ4v) is 3.83. The number of nitrogens with one attached hydrogen (secondary N) is 1. The van der Waals surface area contributed by atoms with Gasteiger partial charge in [-0.2, -0.15) is 0 Å². The van der Waals surface area contributed by atoms with Crippen LogP contribution in [-0.2, 0) is 4.79 Å². The first kappa shape index (κ1) is 13.5. The van der Waals surface area contributed by atoms with Crippen molar-refractivity contribution in [3.05, 3.63) is 64.2 Å². The van der Waals surface area contributed by atoms with E-state index in [1.165, 1.54) is 11.1 Å².